The summed E-state index contributed by atoms with van der Waals surface area (Å²) in [5, 5.41) is 0. The Balaban J connectivity index is 2.18. The van der Waals surface area contributed by atoms with Gasteiger partial charge >= 0.3 is 0 Å². The minimum Gasteiger partial charge on any atom is -0.383 e. The van der Waals surface area contributed by atoms with E-state index in [1.54, 1.807) is 18.1 Å². The van der Waals surface area contributed by atoms with E-state index < -0.39 is 0 Å². The van der Waals surface area contributed by atoms with Gasteiger partial charge in [-0.15, -0.1) is 0 Å². The Labute approximate surface area is 87.5 Å². The van der Waals surface area contributed by atoms with Crippen LogP contribution < -0.4 is 0 Å². The molecule has 0 radical (unpaired) electrons. The van der Waals surface area contributed by atoms with Crippen LogP contribution in [0.4, 0.5) is 4.39 Å². The molecule has 80 valence electrons. The molecule has 0 unspecified atom stereocenters. The molecule has 0 aliphatic carbocycles. The molecule has 0 atom stereocenters. The normalized spacial score (nSPS) is 14.5. The van der Waals surface area contributed by atoms with Gasteiger partial charge in [0.1, 0.15) is 5.82 Å². The van der Waals surface area contributed by atoms with Crippen molar-refractivity contribution in [3.8, 4) is 0 Å². The standard InChI is InChI=1S/C11H12FNO2/c1-15-5-4-13-7-8-6-9(12)2-3-10(8)11(13)14/h2-3,6H,4-5,7H2,1H3. The third-order valence-corrected chi connectivity index (χ3v) is 2.51. The van der Waals surface area contributed by atoms with Crippen LogP contribution in [0.15, 0.2) is 18.2 Å². The summed E-state index contributed by atoms with van der Waals surface area (Å²) in [7, 11) is 1.59. The van der Waals surface area contributed by atoms with Crippen LogP contribution >= 0.6 is 0 Å². The summed E-state index contributed by atoms with van der Waals surface area (Å²) in [6.45, 7) is 1.53. The van der Waals surface area contributed by atoms with Gasteiger partial charge in [-0.1, -0.05) is 0 Å². The van der Waals surface area contributed by atoms with E-state index in [2.05, 4.69) is 0 Å². The lowest BCUT2D eigenvalue weighted by atomic mass is 10.1. The number of ether oxygens (including phenoxy) is 1. The Morgan fingerprint density at radius 1 is 1.53 bits per heavy atom. The van der Waals surface area contributed by atoms with Gasteiger partial charge in [0.05, 0.1) is 6.61 Å². The van der Waals surface area contributed by atoms with E-state index in [1.165, 1.54) is 12.1 Å². The Kier molecular flexibility index (Phi) is 2.68. The third kappa shape index (κ3) is 1.85. The Morgan fingerprint density at radius 3 is 3.07 bits per heavy atom. The van der Waals surface area contributed by atoms with Crippen molar-refractivity contribution < 1.29 is 13.9 Å². The molecule has 3 nitrogen and oxygen atoms in total. The van der Waals surface area contributed by atoms with E-state index >= 15 is 0 Å². The van der Waals surface area contributed by atoms with E-state index in [4.69, 9.17) is 4.74 Å². The molecule has 0 aromatic heterocycles. The Morgan fingerprint density at radius 2 is 2.33 bits per heavy atom. The largest absolute Gasteiger partial charge is 0.383 e. The highest BCUT2D eigenvalue weighted by molar-refractivity contribution is 5.98. The highest BCUT2D eigenvalue weighted by atomic mass is 19.1. The molecule has 0 bridgehead atoms. The van der Waals surface area contributed by atoms with Crippen molar-refractivity contribution >= 4 is 5.91 Å². The van der Waals surface area contributed by atoms with Crippen molar-refractivity contribution in [2.75, 3.05) is 20.3 Å². The zero-order valence-corrected chi connectivity index (χ0v) is 8.50. The number of methoxy groups -OCH3 is 1. The maximum absolute atomic E-state index is 12.9. The monoisotopic (exact) mass is 209 g/mol. The summed E-state index contributed by atoms with van der Waals surface area (Å²) >= 11 is 0. The van der Waals surface area contributed by atoms with Gasteiger partial charge in [0.15, 0.2) is 0 Å². The number of nitrogens with zero attached hydrogens (tertiary/aromatic N) is 1. The average molecular weight is 209 g/mol. The molecule has 0 saturated heterocycles. The number of halogens is 1. The molecule has 1 aromatic rings. The van der Waals surface area contributed by atoms with E-state index in [1.807, 2.05) is 0 Å². The second-order valence-corrected chi connectivity index (χ2v) is 3.52. The summed E-state index contributed by atoms with van der Waals surface area (Å²) in [6.07, 6.45) is 0. The second-order valence-electron chi connectivity index (χ2n) is 3.52. The quantitative estimate of drug-likeness (QED) is 0.753. The number of hydrogen-bond donors (Lipinski definition) is 0. The Hall–Kier alpha value is -1.42. The fourth-order valence-corrected chi connectivity index (χ4v) is 1.73. The van der Waals surface area contributed by atoms with Crippen LogP contribution in [0.5, 0.6) is 0 Å². The molecule has 0 N–H and O–H groups in total. The summed E-state index contributed by atoms with van der Waals surface area (Å²) in [4.78, 5) is 13.4. The first-order valence-electron chi connectivity index (χ1n) is 4.79. The van der Waals surface area contributed by atoms with Crippen LogP contribution in [0.1, 0.15) is 15.9 Å². The van der Waals surface area contributed by atoms with E-state index in [9.17, 15) is 9.18 Å². The van der Waals surface area contributed by atoms with Crippen LogP contribution in [0.2, 0.25) is 0 Å². The van der Waals surface area contributed by atoms with Crippen molar-refractivity contribution in [1.82, 2.24) is 4.90 Å². The predicted octanol–water partition coefficient (Wildman–Crippen LogP) is 1.43. The number of rotatable bonds is 3. The summed E-state index contributed by atoms with van der Waals surface area (Å²) in [5.74, 6) is -0.336. The number of amides is 1. The molecular weight excluding hydrogens is 197 g/mol. The molecule has 1 heterocycles. The SMILES string of the molecule is COCCN1Cc2cc(F)ccc2C1=O. The van der Waals surface area contributed by atoms with Gasteiger partial charge in [-0.05, 0) is 23.8 Å². The lowest BCUT2D eigenvalue weighted by Crippen LogP contribution is -2.27. The zero-order chi connectivity index (χ0) is 10.8. The fraction of sp³-hybridized carbons (Fsp3) is 0.364. The van der Waals surface area contributed by atoms with Crippen LogP contribution in [-0.4, -0.2) is 31.1 Å². The van der Waals surface area contributed by atoms with Crippen molar-refractivity contribution in [3.63, 3.8) is 0 Å². The smallest absolute Gasteiger partial charge is 0.254 e. The maximum atomic E-state index is 12.9. The molecule has 1 aliphatic heterocycles. The molecule has 0 saturated carbocycles. The summed E-state index contributed by atoms with van der Waals surface area (Å²) < 4.78 is 17.8. The van der Waals surface area contributed by atoms with Crippen molar-refractivity contribution in [2.45, 2.75) is 6.54 Å². The Bertz CT molecular complexity index is 392. The molecule has 0 fully saturated rings. The summed E-state index contributed by atoms with van der Waals surface area (Å²) in [5.41, 5.74) is 1.36. The van der Waals surface area contributed by atoms with Gasteiger partial charge in [0, 0.05) is 25.8 Å². The number of hydrogen-bond acceptors (Lipinski definition) is 2. The highest BCUT2D eigenvalue weighted by Gasteiger charge is 2.26. The first-order valence-corrected chi connectivity index (χ1v) is 4.79. The van der Waals surface area contributed by atoms with Gasteiger partial charge in [-0.2, -0.15) is 0 Å². The predicted molar refractivity (Wildman–Crippen MR) is 53.0 cm³/mol. The first-order chi connectivity index (χ1) is 7.22. The molecule has 15 heavy (non-hydrogen) atoms. The first kappa shape index (κ1) is 10.1. The van der Waals surface area contributed by atoms with Crippen molar-refractivity contribution in [2.24, 2.45) is 0 Å². The number of fused-ring (bicyclic) bond motifs is 1. The maximum Gasteiger partial charge on any atom is 0.254 e. The lowest BCUT2D eigenvalue weighted by Gasteiger charge is -2.14. The second kappa shape index (κ2) is 3.98. The lowest BCUT2D eigenvalue weighted by molar-refractivity contribution is 0.0719. The molecule has 1 amide bonds. The van der Waals surface area contributed by atoms with Gasteiger partial charge < -0.3 is 9.64 Å². The van der Waals surface area contributed by atoms with Crippen molar-refractivity contribution in [3.05, 3.63) is 35.1 Å². The van der Waals surface area contributed by atoms with Gasteiger partial charge in [0.2, 0.25) is 0 Å². The molecule has 1 aliphatic rings. The molecular formula is C11H12FNO2. The van der Waals surface area contributed by atoms with E-state index in [-0.39, 0.29) is 11.7 Å². The average Bonchev–Trinajstić information content (AvgIpc) is 2.52. The molecule has 4 heteroatoms. The van der Waals surface area contributed by atoms with Crippen LogP contribution in [0, 0.1) is 5.82 Å². The molecule has 0 spiro atoms. The number of carbonyl (C=O) groups excluding carboxylic acids is 1. The zero-order valence-electron chi connectivity index (χ0n) is 8.50. The van der Waals surface area contributed by atoms with Gasteiger partial charge in [-0.3, -0.25) is 4.79 Å². The van der Waals surface area contributed by atoms with Gasteiger partial charge in [-0.25, -0.2) is 4.39 Å². The third-order valence-electron chi connectivity index (χ3n) is 2.51. The van der Waals surface area contributed by atoms with Gasteiger partial charge in [0.25, 0.3) is 5.91 Å². The topological polar surface area (TPSA) is 29.5 Å². The number of carbonyl (C=O) groups is 1. The molecule has 2 rings (SSSR count). The van der Waals surface area contributed by atoms with Crippen molar-refractivity contribution in [1.29, 1.82) is 0 Å². The fourth-order valence-electron chi connectivity index (χ4n) is 1.73. The minimum absolute atomic E-state index is 0.0398. The van der Waals surface area contributed by atoms with Crippen LogP contribution in [-0.2, 0) is 11.3 Å². The van der Waals surface area contributed by atoms with Crippen LogP contribution in [0.3, 0.4) is 0 Å². The van der Waals surface area contributed by atoms with E-state index in [0.717, 1.165) is 5.56 Å². The number of benzene rings is 1. The highest BCUT2D eigenvalue weighted by Crippen LogP contribution is 2.22. The van der Waals surface area contributed by atoms with E-state index in [0.29, 0.717) is 25.3 Å². The van der Waals surface area contributed by atoms with Crippen LogP contribution in [0.25, 0.3) is 0 Å². The minimum atomic E-state index is -0.296. The molecule has 1 aromatic carbocycles. The summed E-state index contributed by atoms with van der Waals surface area (Å²) in [6, 6.07) is 4.27.